The first-order valence-electron chi connectivity index (χ1n) is 5.57. The van der Waals surface area contributed by atoms with E-state index in [1.807, 2.05) is 6.92 Å². The Morgan fingerprint density at radius 2 is 2.20 bits per heavy atom. The van der Waals surface area contributed by atoms with Crippen LogP contribution in [-0.4, -0.2) is 37.9 Å². The summed E-state index contributed by atoms with van der Waals surface area (Å²) in [6, 6.07) is 0. The van der Waals surface area contributed by atoms with E-state index in [-0.39, 0.29) is 12.5 Å². The Labute approximate surface area is 92.0 Å². The number of aliphatic hydroxyl groups excluding tert-OH is 1. The molecule has 0 fully saturated rings. The van der Waals surface area contributed by atoms with Crippen LogP contribution >= 0.6 is 0 Å². The van der Waals surface area contributed by atoms with Crippen LogP contribution < -0.4 is 5.32 Å². The predicted octanol–water partition coefficient (Wildman–Crippen LogP) is 0.938. The third-order valence-electron chi connectivity index (χ3n) is 2.26. The van der Waals surface area contributed by atoms with Crippen molar-refractivity contribution in [2.45, 2.75) is 32.6 Å². The minimum Gasteiger partial charge on any atom is -0.396 e. The zero-order valence-corrected chi connectivity index (χ0v) is 9.79. The van der Waals surface area contributed by atoms with Gasteiger partial charge in [-0.15, -0.1) is 0 Å². The minimum atomic E-state index is 0.0868. The number of aliphatic hydroxyl groups is 1. The van der Waals surface area contributed by atoms with E-state index in [0.29, 0.717) is 25.5 Å². The van der Waals surface area contributed by atoms with Crippen LogP contribution in [0, 0.1) is 5.92 Å². The van der Waals surface area contributed by atoms with Crippen LogP contribution in [0.3, 0.4) is 0 Å². The van der Waals surface area contributed by atoms with E-state index in [1.54, 1.807) is 7.11 Å². The molecule has 90 valence electrons. The Morgan fingerprint density at radius 1 is 1.47 bits per heavy atom. The van der Waals surface area contributed by atoms with Crippen molar-refractivity contribution in [3.8, 4) is 0 Å². The first kappa shape index (κ1) is 14.4. The summed E-state index contributed by atoms with van der Waals surface area (Å²) in [6.07, 6.45) is 3.19. The Balaban J connectivity index is 3.23. The van der Waals surface area contributed by atoms with Gasteiger partial charge < -0.3 is 15.2 Å². The van der Waals surface area contributed by atoms with Crippen LogP contribution in [-0.2, 0) is 9.53 Å². The molecule has 0 aromatic heterocycles. The van der Waals surface area contributed by atoms with Gasteiger partial charge in [0, 0.05) is 33.3 Å². The number of hydrogen-bond donors (Lipinski definition) is 2. The quantitative estimate of drug-likeness (QED) is 0.565. The standard InChI is InChI=1S/C11H23NO3/c1-10(9-13)5-3-7-12-11(14)6-4-8-15-2/h10,13H,3-9H2,1-2H3,(H,12,14). The summed E-state index contributed by atoms with van der Waals surface area (Å²) in [5.41, 5.74) is 0. The molecule has 0 saturated carbocycles. The van der Waals surface area contributed by atoms with E-state index in [1.165, 1.54) is 0 Å². The Kier molecular flexibility index (Phi) is 9.52. The van der Waals surface area contributed by atoms with Crippen LogP contribution in [0.5, 0.6) is 0 Å². The summed E-state index contributed by atoms with van der Waals surface area (Å²) in [6.45, 7) is 3.56. The van der Waals surface area contributed by atoms with Crippen LogP contribution in [0.4, 0.5) is 0 Å². The maximum atomic E-state index is 11.2. The Bertz CT molecular complexity index is 162. The third-order valence-corrected chi connectivity index (χ3v) is 2.26. The van der Waals surface area contributed by atoms with Gasteiger partial charge in [0.2, 0.25) is 5.91 Å². The molecule has 0 aliphatic rings. The molecule has 4 heteroatoms. The number of hydrogen-bond acceptors (Lipinski definition) is 3. The zero-order chi connectivity index (χ0) is 11.5. The molecule has 0 radical (unpaired) electrons. The third kappa shape index (κ3) is 9.69. The highest BCUT2D eigenvalue weighted by Crippen LogP contribution is 2.02. The van der Waals surface area contributed by atoms with Gasteiger partial charge >= 0.3 is 0 Å². The van der Waals surface area contributed by atoms with E-state index >= 15 is 0 Å². The summed E-state index contributed by atoms with van der Waals surface area (Å²) < 4.78 is 4.86. The number of methoxy groups -OCH3 is 1. The SMILES string of the molecule is COCCCC(=O)NCCCC(C)CO. The number of carbonyl (C=O) groups excluding carboxylic acids is 1. The molecule has 0 spiro atoms. The van der Waals surface area contributed by atoms with Crippen molar-refractivity contribution in [3.05, 3.63) is 0 Å². The van der Waals surface area contributed by atoms with Crippen LogP contribution in [0.1, 0.15) is 32.6 Å². The highest BCUT2D eigenvalue weighted by Gasteiger charge is 2.02. The fourth-order valence-electron chi connectivity index (χ4n) is 1.24. The van der Waals surface area contributed by atoms with Crippen LogP contribution in [0.2, 0.25) is 0 Å². The lowest BCUT2D eigenvalue weighted by molar-refractivity contribution is -0.121. The van der Waals surface area contributed by atoms with Crippen molar-refractivity contribution in [1.29, 1.82) is 0 Å². The average molecular weight is 217 g/mol. The molecule has 0 bridgehead atoms. The Hall–Kier alpha value is -0.610. The molecule has 0 aliphatic carbocycles. The first-order valence-corrected chi connectivity index (χ1v) is 5.57. The lowest BCUT2D eigenvalue weighted by Gasteiger charge is -2.08. The molecular formula is C11H23NO3. The van der Waals surface area contributed by atoms with Crippen molar-refractivity contribution in [2.24, 2.45) is 5.92 Å². The molecule has 0 aromatic rings. The van der Waals surface area contributed by atoms with Crippen molar-refractivity contribution >= 4 is 5.91 Å². The van der Waals surface area contributed by atoms with Crippen molar-refractivity contribution in [1.82, 2.24) is 5.32 Å². The maximum absolute atomic E-state index is 11.2. The predicted molar refractivity (Wildman–Crippen MR) is 59.6 cm³/mol. The van der Waals surface area contributed by atoms with Crippen molar-refractivity contribution < 1.29 is 14.6 Å². The summed E-state index contributed by atoms with van der Waals surface area (Å²) in [5.74, 6) is 0.416. The number of ether oxygens (including phenoxy) is 1. The fraction of sp³-hybridized carbons (Fsp3) is 0.909. The summed E-state index contributed by atoms with van der Waals surface area (Å²) in [5, 5.41) is 11.6. The largest absolute Gasteiger partial charge is 0.396 e. The zero-order valence-electron chi connectivity index (χ0n) is 9.79. The Morgan fingerprint density at radius 3 is 2.80 bits per heavy atom. The second-order valence-corrected chi connectivity index (χ2v) is 3.88. The molecule has 0 aliphatic heterocycles. The van der Waals surface area contributed by atoms with E-state index in [2.05, 4.69) is 5.32 Å². The minimum absolute atomic E-state index is 0.0868. The molecule has 0 aromatic carbocycles. The molecule has 0 saturated heterocycles. The van der Waals surface area contributed by atoms with E-state index in [0.717, 1.165) is 19.3 Å². The van der Waals surface area contributed by atoms with Gasteiger partial charge in [-0.2, -0.15) is 0 Å². The monoisotopic (exact) mass is 217 g/mol. The smallest absolute Gasteiger partial charge is 0.220 e. The van der Waals surface area contributed by atoms with Gasteiger partial charge in [-0.3, -0.25) is 4.79 Å². The lowest BCUT2D eigenvalue weighted by atomic mass is 10.1. The number of carbonyl (C=O) groups is 1. The molecule has 0 rings (SSSR count). The van der Waals surface area contributed by atoms with E-state index in [9.17, 15) is 4.79 Å². The summed E-state index contributed by atoms with van der Waals surface area (Å²) >= 11 is 0. The molecule has 1 amide bonds. The molecule has 15 heavy (non-hydrogen) atoms. The van der Waals surface area contributed by atoms with Gasteiger partial charge in [0.05, 0.1) is 0 Å². The van der Waals surface area contributed by atoms with E-state index < -0.39 is 0 Å². The van der Waals surface area contributed by atoms with Gasteiger partial charge in [-0.25, -0.2) is 0 Å². The fourth-order valence-corrected chi connectivity index (χ4v) is 1.24. The van der Waals surface area contributed by atoms with Crippen molar-refractivity contribution in [2.75, 3.05) is 26.9 Å². The van der Waals surface area contributed by atoms with E-state index in [4.69, 9.17) is 9.84 Å². The van der Waals surface area contributed by atoms with Gasteiger partial charge in [0.1, 0.15) is 0 Å². The average Bonchev–Trinajstić information content (AvgIpc) is 2.24. The molecule has 1 atom stereocenters. The van der Waals surface area contributed by atoms with Crippen LogP contribution in [0.15, 0.2) is 0 Å². The topological polar surface area (TPSA) is 58.6 Å². The molecule has 1 unspecified atom stereocenters. The van der Waals surface area contributed by atoms with Gasteiger partial charge in [0.15, 0.2) is 0 Å². The highest BCUT2D eigenvalue weighted by molar-refractivity contribution is 5.75. The van der Waals surface area contributed by atoms with Gasteiger partial charge in [0.25, 0.3) is 0 Å². The molecule has 2 N–H and O–H groups in total. The van der Waals surface area contributed by atoms with Crippen LogP contribution in [0.25, 0.3) is 0 Å². The molecular weight excluding hydrogens is 194 g/mol. The summed E-state index contributed by atoms with van der Waals surface area (Å²) in [7, 11) is 1.63. The molecule has 0 heterocycles. The van der Waals surface area contributed by atoms with Crippen molar-refractivity contribution in [3.63, 3.8) is 0 Å². The molecule has 4 nitrogen and oxygen atoms in total. The second kappa shape index (κ2) is 9.93. The maximum Gasteiger partial charge on any atom is 0.220 e. The van der Waals surface area contributed by atoms with Gasteiger partial charge in [-0.05, 0) is 25.2 Å². The summed E-state index contributed by atoms with van der Waals surface area (Å²) in [4.78, 5) is 11.2. The number of amides is 1. The second-order valence-electron chi connectivity index (χ2n) is 3.88. The first-order chi connectivity index (χ1) is 7.20. The highest BCUT2D eigenvalue weighted by atomic mass is 16.5. The number of nitrogens with one attached hydrogen (secondary N) is 1. The van der Waals surface area contributed by atoms with Gasteiger partial charge in [-0.1, -0.05) is 6.92 Å². The number of rotatable bonds is 9. The normalized spacial score (nSPS) is 12.5. The lowest BCUT2D eigenvalue weighted by Crippen LogP contribution is -2.24.